The number of hydrogen-bond donors (Lipinski definition) is 1. The number of aromatic nitrogens is 5. The fourth-order valence-corrected chi connectivity index (χ4v) is 3.71. The van der Waals surface area contributed by atoms with E-state index in [2.05, 4.69) is 43.7 Å². The average Bonchev–Trinajstić information content (AvgIpc) is 3.26. The number of ether oxygens (including phenoxy) is 1. The van der Waals surface area contributed by atoms with Crippen LogP contribution in [-0.2, 0) is 11.3 Å². The number of hydrogen-bond acceptors (Lipinski definition) is 5. The largest absolute Gasteiger partial charge is 0.381 e. The van der Waals surface area contributed by atoms with Gasteiger partial charge in [0, 0.05) is 37.4 Å². The molecule has 0 spiro atoms. The highest BCUT2D eigenvalue weighted by atomic mass is 16.5. The van der Waals surface area contributed by atoms with Crippen molar-refractivity contribution in [3.63, 3.8) is 0 Å². The molecule has 124 valence electrons. The van der Waals surface area contributed by atoms with Gasteiger partial charge in [0.1, 0.15) is 0 Å². The molecular weight excluding hydrogens is 292 g/mol. The summed E-state index contributed by atoms with van der Waals surface area (Å²) in [4.78, 5) is 2.40. The summed E-state index contributed by atoms with van der Waals surface area (Å²) < 4.78 is 7.82. The predicted molar refractivity (Wildman–Crippen MR) is 87.2 cm³/mol. The van der Waals surface area contributed by atoms with Crippen LogP contribution in [0.15, 0.2) is 12.4 Å². The molecule has 0 radical (unpaired) electrons. The molecule has 4 rings (SSSR count). The lowest BCUT2D eigenvalue weighted by molar-refractivity contribution is 0.182. The second-order valence-electron chi connectivity index (χ2n) is 7.22. The number of aromatic amines is 1. The third-order valence-corrected chi connectivity index (χ3v) is 5.09. The van der Waals surface area contributed by atoms with Crippen LogP contribution in [0.5, 0.6) is 0 Å². The van der Waals surface area contributed by atoms with Crippen LogP contribution >= 0.6 is 0 Å². The molecule has 2 fully saturated rings. The Labute approximate surface area is 136 Å². The smallest absolute Gasteiger partial charge is 0.227 e. The molecule has 0 saturated carbocycles. The topological polar surface area (TPSA) is 71.9 Å². The summed E-state index contributed by atoms with van der Waals surface area (Å²) in [7, 11) is 0. The molecule has 7 heteroatoms. The van der Waals surface area contributed by atoms with Gasteiger partial charge < -0.3 is 9.64 Å². The van der Waals surface area contributed by atoms with Crippen molar-refractivity contribution in [2.45, 2.75) is 45.2 Å². The Hall–Kier alpha value is -1.89. The lowest BCUT2D eigenvalue weighted by Crippen LogP contribution is -2.40. The van der Waals surface area contributed by atoms with Crippen LogP contribution in [0.2, 0.25) is 0 Å². The zero-order chi connectivity index (χ0) is 15.9. The minimum atomic E-state index is 0.130. The summed E-state index contributed by atoms with van der Waals surface area (Å²) in [5.74, 6) is 2.40. The number of rotatable bonds is 4. The van der Waals surface area contributed by atoms with Gasteiger partial charge in [0.2, 0.25) is 5.95 Å². The molecular formula is C16H24N6O. The fraction of sp³-hybridized carbons (Fsp3) is 0.688. The van der Waals surface area contributed by atoms with Crippen LogP contribution < -0.4 is 4.90 Å². The first kappa shape index (κ1) is 14.7. The van der Waals surface area contributed by atoms with Crippen molar-refractivity contribution in [2.24, 2.45) is 5.92 Å². The van der Waals surface area contributed by atoms with Gasteiger partial charge in [-0.1, -0.05) is 0 Å². The molecule has 2 saturated heterocycles. The Morgan fingerprint density at radius 3 is 2.96 bits per heavy atom. The first-order valence-corrected chi connectivity index (χ1v) is 8.43. The molecule has 0 bridgehead atoms. The number of nitrogens with zero attached hydrogens (tertiary/aromatic N) is 5. The quantitative estimate of drug-likeness (QED) is 0.935. The summed E-state index contributed by atoms with van der Waals surface area (Å²) in [6.07, 6.45) is 7.18. The van der Waals surface area contributed by atoms with Gasteiger partial charge in [-0.2, -0.15) is 5.10 Å². The lowest BCUT2D eigenvalue weighted by atomic mass is 10.0. The second-order valence-corrected chi connectivity index (χ2v) is 7.22. The first-order chi connectivity index (χ1) is 11.1. The Kier molecular flexibility index (Phi) is 3.60. The van der Waals surface area contributed by atoms with Crippen LogP contribution in [0.3, 0.4) is 0 Å². The van der Waals surface area contributed by atoms with Crippen molar-refractivity contribution in [3.8, 4) is 11.4 Å². The Morgan fingerprint density at radius 1 is 1.39 bits per heavy atom. The van der Waals surface area contributed by atoms with Gasteiger partial charge >= 0.3 is 0 Å². The van der Waals surface area contributed by atoms with Gasteiger partial charge in [-0.3, -0.25) is 9.67 Å². The van der Waals surface area contributed by atoms with Crippen molar-refractivity contribution in [1.29, 1.82) is 0 Å². The molecule has 2 aliphatic heterocycles. The normalized spacial score (nSPS) is 23.7. The highest BCUT2D eigenvalue weighted by molar-refractivity contribution is 5.56. The predicted octanol–water partition coefficient (Wildman–Crippen LogP) is 2.08. The Morgan fingerprint density at radius 2 is 2.30 bits per heavy atom. The molecule has 7 nitrogen and oxygen atoms in total. The maximum Gasteiger partial charge on any atom is 0.227 e. The van der Waals surface area contributed by atoms with Gasteiger partial charge in [0.15, 0.2) is 5.82 Å². The molecule has 0 amide bonds. The molecule has 23 heavy (non-hydrogen) atoms. The van der Waals surface area contributed by atoms with Crippen LogP contribution in [0.1, 0.15) is 33.1 Å². The summed E-state index contributed by atoms with van der Waals surface area (Å²) in [5, 5.41) is 16.0. The van der Waals surface area contributed by atoms with Crippen molar-refractivity contribution in [2.75, 3.05) is 24.7 Å². The molecule has 2 aromatic heterocycles. The van der Waals surface area contributed by atoms with Crippen LogP contribution in [0.25, 0.3) is 11.4 Å². The van der Waals surface area contributed by atoms with E-state index in [-0.39, 0.29) is 5.54 Å². The van der Waals surface area contributed by atoms with E-state index in [0.29, 0.717) is 5.92 Å². The summed E-state index contributed by atoms with van der Waals surface area (Å²) >= 11 is 0. The zero-order valence-corrected chi connectivity index (χ0v) is 13.8. The molecule has 0 aromatic carbocycles. The van der Waals surface area contributed by atoms with E-state index >= 15 is 0 Å². The Bertz CT molecular complexity index is 656. The minimum Gasteiger partial charge on any atom is -0.381 e. The molecule has 0 aliphatic carbocycles. The number of H-pyrrole nitrogens is 1. The monoisotopic (exact) mass is 316 g/mol. The zero-order valence-electron chi connectivity index (χ0n) is 13.8. The summed E-state index contributed by atoms with van der Waals surface area (Å²) in [5.41, 5.74) is 1.12. The maximum absolute atomic E-state index is 5.56. The number of nitrogens with one attached hydrogen (secondary N) is 1. The van der Waals surface area contributed by atoms with Gasteiger partial charge in [-0.15, -0.1) is 10.2 Å². The third-order valence-electron chi connectivity index (χ3n) is 5.09. The lowest BCUT2D eigenvalue weighted by Gasteiger charge is -2.32. The van der Waals surface area contributed by atoms with Gasteiger partial charge in [0.25, 0.3) is 0 Å². The number of anilines is 1. The first-order valence-electron chi connectivity index (χ1n) is 8.43. The fourth-order valence-electron chi connectivity index (χ4n) is 3.71. The third kappa shape index (κ3) is 2.63. The van der Waals surface area contributed by atoms with E-state index in [1.54, 1.807) is 0 Å². The summed E-state index contributed by atoms with van der Waals surface area (Å²) in [6, 6.07) is 0. The van der Waals surface area contributed by atoms with Gasteiger partial charge in [-0.05, 0) is 33.1 Å². The van der Waals surface area contributed by atoms with E-state index in [9.17, 15) is 0 Å². The van der Waals surface area contributed by atoms with E-state index < -0.39 is 0 Å². The SMILES string of the molecule is CC1(C)CCCN1c1nnc(-c2cn[nH]c2)n1CC1CCOC1. The van der Waals surface area contributed by atoms with Crippen molar-refractivity contribution in [1.82, 2.24) is 25.0 Å². The van der Waals surface area contributed by atoms with Gasteiger partial charge in [-0.25, -0.2) is 0 Å². The van der Waals surface area contributed by atoms with Crippen molar-refractivity contribution >= 4 is 5.95 Å². The highest BCUT2D eigenvalue weighted by Gasteiger charge is 2.36. The molecule has 4 heterocycles. The van der Waals surface area contributed by atoms with Crippen LogP contribution in [-0.4, -0.2) is 50.3 Å². The molecule has 1 N–H and O–H groups in total. The van der Waals surface area contributed by atoms with E-state index in [1.807, 2.05) is 12.4 Å². The van der Waals surface area contributed by atoms with Crippen LogP contribution in [0, 0.1) is 5.92 Å². The van der Waals surface area contributed by atoms with E-state index in [4.69, 9.17) is 4.74 Å². The molecule has 2 aromatic rings. The van der Waals surface area contributed by atoms with E-state index in [0.717, 1.165) is 50.1 Å². The van der Waals surface area contributed by atoms with E-state index in [1.165, 1.54) is 12.8 Å². The highest BCUT2D eigenvalue weighted by Crippen LogP contribution is 2.35. The average molecular weight is 316 g/mol. The van der Waals surface area contributed by atoms with Crippen LogP contribution in [0.4, 0.5) is 5.95 Å². The minimum absolute atomic E-state index is 0.130. The maximum atomic E-state index is 5.56. The summed E-state index contributed by atoms with van der Waals surface area (Å²) in [6.45, 7) is 8.20. The molecule has 1 unspecified atom stereocenters. The molecule has 1 atom stereocenters. The van der Waals surface area contributed by atoms with Gasteiger partial charge in [0.05, 0.1) is 18.4 Å². The Balaban J connectivity index is 1.73. The standard InChI is InChI=1S/C16H24N6O/c1-16(2)5-3-6-22(16)15-20-19-14(13-8-17-18-9-13)21(15)10-12-4-7-23-11-12/h8-9,12H,3-7,10-11H2,1-2H3,(H,17,18). The van der Waals surface area contributed by atoms with Crippen molar-refractivity contribution in [3.05, 3.63) is 12.4 Å². The van der Waals surface area contributed by atoms with Crippen molar-refractivity contribution < 1.29 is 4.74 Å². The molecule has 2 aliphatic rings. The second kappa shape index (κ2) is 5.63.